The first-order chi connectivity index (χ1) is 11.6. The SMILES string of the molecule is O=C(O)CCC1CCCN(C(=O)c2cnc3ccccn3c2=O)C1. The molecule has 3 rings (SSSR count). The molecular formula is C17H19N3O4. The third-order valence-corrected chi connectivity index (χ3v) is 4.42. The second-order valence-corrected chi connectivity index (χ2v) is 6.10. The number of hydrogen-bond donors (Lipinski definition) is 1. The number of carboxylic acid groups (broad SMARTS) is 1. The molecule has 1 amide bonds. The molecule has 0 bridgehead atoms. The summed E-state index contributed by atoms with van der Waals surface area (Å²) in [6, 6.07) is 5.20. The van der Waals surface area contributed by atoms with E-state index in [-0.39, 0.29) is 29.4 Å². The zero-order valence-electron chi connectivity index (χ0n) is 13.2. The van der Waals surface area contributed by atoms with Gasteiger partial charge in [0.25, 0.3) is 11.5 Å². The van der Waals surface area contributed by atoms with Crippen LogP contribution in [-0.2, 0) is 4.79 Å². The molecule has 126 valence electrons. The van der Waals surface area contributed by atoms with Gasteiger partial charge in [-0.1, -0.05) is 6.07 Å². The molecule has 3 heterocycles. The van der Waals surface area contributed by atoms with Crippen LogP contribution in [-0.4, -0.2) is 44.4 Å². The Morgan fingerprint density at radius 2 is 2.17 bits per heavy atom. The van der Waals surface area contributed by atoms with Crippen molar-refractivity contribution in [1.82, 2.24) is 14.3 Å². The first-order valence-corrected chi connectivity index (χ1v) is 8.03. The lowest BCUT2D eigenvalue weighted by atomic mass is 9.93. The van der Waals surface area contributed by atoms with Crippen LogP contribution in [0.2, 0.25) is 0 Å². The van der Waals surface area contributed by atoms with Gasteiger partial charge in [0.15, 0.2) is 0 Å². The lowest BCUT2D eigenvalue weighted by molar-refractivity contribution is -0.137. The van der Waals surface area contributed by atoms with E-state index in [4.69, 9.17) is 5.11 Å². The fourth-order valence-corrected chi connectivity index (χ4v) is 3.16. The average molecular weight is 329 g/mol. The second kappa shape index (κ2) is 6.82. The van der Waals surface area contributed by atoms with Crippen molar-refractivity contribution in [3.63, 3.8) is 0 Å². The summed E-state index contributed by atoms with van der Waals surface area (Å²) < 4.78 is 1.36. The fourth-order valence-electron chi connectivity index (χ4n) is 3.16. The van der Waals surface area contributed by atoms with Crippen molar-refractivity contribution in [3.05, 3.63) is 46.5 Å². The number of hydrogen-bond acceptors (Lipinski definition) is 4. The quantitative estimate of drug-likeness (QED) is 0.915. The van der Waals surface area contributed by atoms with Gasteiger partial charge in [-0.3, -0.25) is 18.8 Å². The molecule has 1 saturated heterocycles. The van der Waals surface area contributed by atoms with Gasteiger partial charge in [0, 0.05) is 31.9 Å². The van der Waals surface area contributed by atoms with Crippen LogP contribution in [0.3, 0.4) is 0 Å². The molecule has 1 N–H and O–H groups in total. The van der Waals surface area contributed by atoms with E-state index in [9.17, 15) is 14.4 Å². The standard InChI is InChI=1S/C17H19N3O4/c21-15(22)7-6-12-4-3-8-19(11-12)16(23)13-10-18-14-5-1-2-9-20(14)17(13)24/h1-2,5,9-10,12H,3-4,6-8,11H2,(H,21,22). The van der Waals surface area contributed by atoms with Gasteiger partial charge >= 0.3 is 5.97 Å². The summed E-state index contributed by atoms with van der Waals surface area (Å²) in [5, 5.41) is 8.80. The maximum atomic E-state index is 12.7. The zero-order chi connectivity index (χ0) is 17.1. The van der Waals surface area contributed by atoms with E-state index in [1.54, 1.807) is 29.3 Å². The summed E-state index contributed by atoms with van der Waals surface area (Å²) in [5.41, 5.74) is 0.174. The summed E-state index contributed by atoms with van der Waals surface area (Å²) in [6.07, 6.45) is 5.31. The Hall–Kier alpha value is -2.70. The number of amides is 1. The molecule has 24 heavy (non-hydrogen) atoms. The molecule has 1 unspecified atom stereocenters. The van der Waals surface area contributed by atoms with Gasteiger partial charge in [0.2, 0.25) is 0 Å². The summed E-state index contributed by atoms with van der Waals surface area (Å²) in [6.45, 7) is 1.07. The molecule has 1 aliphatic heterocycles. The maximum Gasteiger partial charge on any atom is 0.303 e. The van der Waals surface area contributed by atoms with Crippen LogP contribution < -0.4 is 5.56 Å². The van der Waals surface area contributed by atoms with Crippen LogP contribution in [0, 0.1) is 5.92 Å². The highest BCUT2D eigenvalue weighted by Gasteiger charge is 2.26. The second-order valence-electron chi connectivity index (χ2n) is 6.10. The van der Waals surface area contributed by atoms with Crippen LogP contribution in [0.15, 0.2) is 35.4 Å². The minimum atomic E-state index is -0.824. The first kappa shape index (κ1) is 16.2. The third-order valence-electron chi connectivity index (χ3n) is 4.42. The van der Waals surface area contributed by atoms with Crippen molar-refractivity contribution in [2.45, 2.75) is 25.7 Å². The normalized spacial score (nSPS) is 17.8. The molecule has 0 aliphatic carbocycles. The molecule has 7 heteroatoms. The van der Waals surface area contributed by atoms with Gasteiger partial charge in [0.05, 0.1) is 0 Å². The van der Waals surface area contributed by atoms with E-state index in [2.05, 4.69) is 4.98 Å². The van der Waals surface area contributed by atoms with Crippen molar-refractivity contribution in [2.75, 3.05) is 13.1 Å². The van der Waals surface area contributed by atoms with E-state index < -0.39 is 5.97 Å². The summed E-state index contributed by atoms with van der Waals surface area (Å²) in [7, 11) is 0. The molecule has 0 radical (unpaired) electrons. The fraction of sp³-hybridized carbons (Fsp3) is 0.412. The molecule has 1 aliphatic rings. The van der Waals surface area contributed by atoms with Gasteiger partial charge in [0.1, 0.15) is 11.2 Å². The van der Waals surface area contributed by atoms with E-state index >= 15 is 0 Å². The lowest BCUT2D eigenvalue weighted by Crippen LogP contribution is -2.42. The van der Waals surface area contributed by atoms with E-state index in [0.29, 0.717) is 25.2 Å². The predicted octanol–water partition coefficient (Wildman–Crippen LogP) is 1.41. The number of fused-ring (bicyclic) bond motifs is 1. The highest BCUT2D eigenvalue weighted by molar-refractivity contribution is 5.93. The number of pyridine rings is 1. The molecule has 0 spiro atoms. The summed E-state index contributed by atoms with van der Waals surface area (Å²) in [5.74, 6) is -0.990. The number of likely N-dealkylation sites (tertiary alicyclic amines) is 1. The topological polar surface area (TPSA) is 92.0 Å². The van der Waals surface area contributed by atoms with Crippen LogP contribution in [0.1, 0.15) is 36.0 Å². The largest absolute Gasteiger partial charge is 0.481 e. The monoisotopic (exact) mass is 329 g/mol. The maximum absolute atomic E-state index is 12.7. The van der Waals surface area contributed by atoms with Crippen LogP contribution in [0.5, 0.6) is 0 Å². The Morgan fingerprint density at radius 3 is 2.96 bits per heavy atom. The highest BCUT2D eigenvalue weighted by Crippen LogP contribution is 2.22. The van der Waals surface area contributed by atoms with Crippen molar-refractivity contribution in [1.29, 1.82) is 0 Å². The molecule has 7 nitrogen and oxygen atoms in total. The summed E-state index contributed by atoms with van der Waals surface area (Å²) in [4.78, 5) is 41.7. The average Bonchev–Trinajstić information content (AvgIpc) is 2.60. The lowest BCUT2D eigenvalue weighted by Gasteiger charge is -2.32. The molecule has 2 aromatic rings. The van der Waals surface area contributed by atoms with E-state index in [1.165, 1.54) is 10.6 Å². The van der Waals surface area contributed by atoms with Crippen LogP contribution >= 0.6 is 0 Å². The predicted molar refractivity (Wildman–Crippen MR) is 87.0 cm³/mol. The third kappa shape index (κ3) is 3.29. The van der Waals surface area contributed by atoms with Crippen molar-refractivity contribution >= 4 is 17.5 Å². The number of aromatic nitrogens is 2. The summed E-state index contributed by atoms with van der Waals surface area (Å²) >= 11 is 0. The van der Waals surface area contributed by atoms with Gasteiger partial charge < -0.3 is 10.0 Å². The number of carbonyl (C=O) groups is 2. The van der Waals surface area contributed by atoms with Gasteiger partial charge in [-0.2, -0.15) is 0 Å². The Bertz CT molecular complexity index is 830. The molecule has 1 fully saturated rings. The molecular weight excluding hydrogens is 310 g/mol. The number of carboxylic acids is 1. The molecule has 0 aromatic carbocycles. The van der Waals surface area contributed by atoms with Gasteiger partial charge in [-0.25, -0.2) is 4.98 Å². The minimum Gasteiger partial charge on any atom is -0.481 e. The Balaban J connectivity index is 1.80. The van der Waals surface area contributed by atoms with E-state index in [0.717, 1.165) is 12.8 Å². The molecule has 2 aromatic heterocycles. The van der Waals surface area contributed by atoms with Crippen molar-refractivity contribution in [3.8, 4) is 0 Å². The number of carbonyl (C=O) groups excluding carboxylic acids is 1. The first-order valence-electron chi connectivity index (χ1n) is 8.03. The minimum absolute atomic E-state index is 0.0533. The van der Waals surface area contributed by atoms with Crippen LogP contribution in [0.4, 0.5) is 0 Å². The Kier molecular flexibility index (Phi) is 4.59. The molecule has 1 atom stereocenters. The number of nitrogens with zero attached hydrogens (tertiary/aromatic N) is 3. The Morgan fingerprint density at radius 1 is 1.33 bits per heavy atom. The van der Waals surface area contributed by atoms with Gasteiger partial charge in [-0.05, 0) is 37.3 Å². The number of piperidine rings is 1. The number of rotatable bonds is 4. The van der Waals surface area contributed by atoms with Crippen LogP contribution in [0.25, 0.3) is 5.65 Å². The van der Waals surface area contributed by atoms with Crippen molar-refractivity contribution < 1.29 is 14.7 Å². The van der Waals surface area contributed by atoms with Gasteiger partial charge in [-0.15, -0.1) is 0 Å². The van der Waals surface area contributed by atoms with Crippen molar-refractivity contribution in [2.24, 2.45) is 5.92 Å². The zero-order valence-corrected chi connectivity index (χ0v) is 13.2. The number of aliphatic carboxylic acids is 1. The molecule has 0 saturated carbocycles. The highest BCUT2D eigenvalue weighted by atomic mass is 16.4. The smallest absolute Gasteiger partial charge is 0.303 e. The Labute approximate surface area is 138 Å². The van der Waals surface area contributed by atoms with E-state index in [1.807, 2.05) is 0 Å².